The molecule has 1 aliphatic rings. The van der Waals surface area contributed by atoms with Crippen LogP contribution in [0.4, 0.5) is 0 Å². The van der Waals surface area contributed by atoms with E-state index in [4.69, 9.17) is 9.47 Å². The van der Waals surface area contributed by atoms with E-state index in [1.807, 2.05) is 18.2 Å². The van der Waals surface area contributed by atoms with Crippen LogP contribution in [0.2, 0.25) is 0 Å². The number of hydrogen-bond donors (Lipinski definition) is 0. The van der Waals surface area contributed by atoms with E-state index < -0.39 is 10.0 Å². The topological polar surface area (TPSA) is 76.2 Å². The number of methoxy groups -OCH3 is 1. The average Bonchev–Trinajstić information content (AvgIpc) is 2.96. The van der Waals surface area contributed by atoms with Gasteiger partial charge in [0, 0.05) is 38.7 Å². The number of hydrogen-bond acceptors (Lipinski definition) is 5. The lowest BCUT2D eigenvalue weighted by atomic mass is 10.1. The Morgan fingerprint density at radius 1 is 1.27 bits per heavy atom. The molecule has 8 heteroatoms. The molecule has 7 nitrogen and oxygen atoms in total. The summed E-state index contributed by atoms with van der Waals surface area (Å²) in [4.78, 5) is 13.7. The summed E-state index contributed by atoms with van der Waals surface area (Å²) in [5, 5.41) is 0. The van der Waals surface area contributed by atoms with E-state index in [-0.39, 0.29) is 30.5 Å². The van der Waals surface area contributed by atoms with E-state index in [0.29, 0.717) is 24.6 Å². The van der Waals surface area contributed by atoms with Gasteiger partial charge in [0.1, 0.15) is 18.1 Å². The number of carbonyl (C=O) groups excluding carboxylic acids is 1. The molecular weight excluding hydrogens is 404 g/mol. The van der Waals surface area contributed by atoms with Crippen molar-refractivity contribution in [3.63, 3.8) is 0 Å². The van der Waals surface area contributed by atoms with Gasteiger partial charge in [-0.2, -0.15) is 4.31 Å². The Bertz CT molecular complexity index is 1020. The third-order valence-corrected chi connectivity index (χ3v) is 6.79. The fraction of sp³-hybridized carbons (Fsp3) is 0.318. The lowest BCUT2D eigenvalue weighted by molar-refractivity contribution is -0.128. The fourth-order valence-corrected chi connectivity index (χ4v) is 4.71. The number of carbonyl (C=O) groups is 1. The third kappa shape index (κ3) is 4.83. The molecule has 1 aliphatic heterocycles. The lowest BCUT2D eigenvalue weighted by Crippen LogP contribution is -2.32. The maximum atomic E-state index is 13.2. The predicted molar refractivity (Wildman–Crippen MR) is 114 cm³/mol. The van der Waals surface area contributed by atoms with Crippen molar-refractivity contribution in [2.45, 2.75) is 24.9 Å². The Labute approximate surface area is 177 Å². The molecule has 0 atom stereocenters. The second-order valence-electron chi connectivity index (χ2n) is 6.99. The maximum Gasteiger partial charge on any atom is 0.243 e. The first kappa shape index (κ1) is 21.9. The van der Waals surface area contributed by atoms with Gasteiger partial charge in [-0.25, -0.2) is 8.42 Å². The lowest BCUT2D eigenvalue weighted by Gasteiger charge is -2.21. The Hall–Kier alpha value is -2.84. The molecule has 3 rings (SSSR count). The molecule has 0 spiro atoms. The minimum Gasteiger partial charge on any atom is -0.497 e. The summed E-state index contributed by atoms with van der Waals surface area (Å²) >= 11 is 0. The zero-order valence-electron chi connectivity index (χ0n) is 17.2. The van der Waals surface area contributed by atoms with Crippen molar-refractivity contribution >= 4 is 15.9 Å². The first-order chi connectivity index (χ1) is 14.3. The van der Waals surface area contributed by atoms with Gasteiger partial charge < -0.3 is 14.4 Å². The molecule has 160 valence electrons. The molecule has 2 aromatic carbocycles. The number of ether oxygens (including phenoxy) is 2. The monoisotopic (exact) mass is 430 g/mol. The fourth-order valence-electron chi connectivity index (χ4n) is 3.30. The van der Waals surface area contributed by atoms with Crippen LogP contribution in [0.5, 0.6) is 11.5 Å². The van der Waals surface area contributed by atoms with Crippen LogP contribution in [-0.4, -0.2) is 50.3 Å². The molecule has 0 N–H and O–H groups in total. The van der Waals surface area contributed by atoms with E-state index in [9.17, 15) is 13.2 Å². The molecule has 0 saturated carbocycles. The Morgan fingerprint density at radius 3 is 2.63 bits per heavy atom. The zero-order chi connectivity index (χ0) is 21.7. The Balaban J connectivity index is 1.86. The number of amides is 1. The molecule has 30 heavy (non-hydrogen) atoms. The number of benzene rings is 2. The standard InChI is InChI=1S/C22H26N2O5S/c1-4-11-23(17(2)25)15-18-5-10-22-19(14-18)16-24(12-13-29-22)30(26,27)21-8-6-20(28-3)7-9-21/h4-10,14H,1,11-13,15-16H2,2-3H3. The highest BCUT2D eigenvalue weighted by Gasteiger charge is 2.28. The normalized spacial score (nSPS) is 14.2. The molecular formula is C22H26N2O5S. The van der Waals surface area contributed by atoms with Gasteiger partial charge in [-0.15, -0.1) is 6.58 Å². The van der Waals surface area contributed by atoms with Gasteiger partial charge in [-0.05, 0) is 42.0 Å². The van der Waals surface area contributed by atoms with E-state index in [2.05, 4.69) is 6.58 Å². The molecule has 0 saturated heterocycles. The van der Waals surface area contributed by atoms with Crippen LogP contribution in [0.15, 0.2) is 60.0 Å². The van der Waals surface area contributed by atoms with Crippen LogP contribution in [0.25, 0.3) is 0 Å². The van der Waals surface area contributed by atoms with Gasteiger partial charge >= 0.3 is 0 Å². The molecule has 0 unspecified atom stereocenters. The quantitative estimate of drug-likeness (QED) is 0.632. The van der Waals surface area contributed by atoms with E-state index in [1.54, 1.807) is 23.1 Å². The predicted octanol–water partition coefficient (Wildman–Crippen LogP) is 2.81. The molecule has 0 aromatic heterocycles. The van der Waals surface area contributed by atoms with Crippen molar-refractivity contribution in [3.8, 4) is 11.5 Å². The van der Waals surface area contributed by atoms with Crippen molar-refractivity contribution in [2.24, 2.45) is 0 Å². The molecule has 0 bridgehead atoms. The summed E-state index contributed by atoms with van der Waals surface area (Å²) in [6.07, 6.45) is 1.68. The van der Waals surface area contributed by atoms with Crippen molar-refractivity contribution in [1.82, 2.24) is 9.21 Å². The maximum absolute atomic E-state index is 13.2. The van der Waals surface area contributed by atoms with Gasteiger partial charge in [0.2, 0.25) is 15.9 Å². The number of sulfonamides is 1. The van der Waals surface area contributed by atoms with Gasteiger partial charge in [-0.1, -0.05) is 12.1 Å². The Morgan fingerprint density at radius 2 is 2.00 bits per heavy atom. The molecule has 1 heterocycles. The number of rotatable bonds is 7. The third-order valence-electron chi connectivity index (χ3n) is 4.94. The van der Waals surface area contributed by atoms with Crippen LogP contribution in [0, 0.1) is 0 Å². The van der Waals surface area contributed by atoms with Crippen LogP contribution in [0.1, 0.15) is 18.1 Å². The highest BCUT2D eigenvalue weighted by Crippen LogP contribution is 2.28. The molecule has 2 aromatic rings. The summed E-state index contributed by atoms with van der Waals surface area (Å²) in [5.74, 6) is 1.20. The summed E-state index contributed by atoms with van der Waals surface area (Å²) < 4.78 is 38.6. The molecule has 0 aliphatic carbocycles. The van der Waals surface area contributed by atoms with Crippen molar-refractivity contribution in [3.05, 3.63) is 66.2 Å². The minimum atomic E-state index is -3.69. The van der Waals surface area contributed by atoms with Crippen LogP contribution < -0.4 is 9.47 Å². The van der Waals surface area contributed by atoms with Crippen molar-refractivity contribution in [2.75, 3.05) is 26.8 Å². The first-order valence-electron chi connectivity index (χ1n) is 9.60. The van der Waals surface area contributed by atoms with Gasteiger partial charge in [0.15, 0.2) is 0 Å². The first-order valence-corrected chi connectivity index (χ1v) is 11.0. The van der Waals surface area contributed by atoms with E-state index in [0.717, 1.165) is 11.1 Å². The number of nitrogens with zero attached hydrogens (tertiary/aromatic N) is 2. The van der Waals surface area contributed by atoms with Crippen molar-refractivity contribution < 1.29 is 22.7 Å². The second-order valence-corrected chi connectivity index (χ2v) is 8.93. The molecule has 0 radical (unpaired) electrons. The SMILES string of the molecule is C=CCN(Cc1ccc2c(c1)CN(S(=O)(=O)c1ccc(OC)cc1)CCO2)C(C)=O. The Kier molecular flexibility index (Phi) is 6.79. The van der Waals surface area contributed by atoms with Crippen molar-refractivity contribution in [1.29, 1.82) is 0 Å². The second kappa shape index (κ2) is 9.32. The van der Waals surface area contributed by atoms with Gasteiger partial charge in [-0.3, -0.25) is 4.79 Å². The summed E-state index contributed by atoms with van der Waals surface area (Å²) in [6, 6.07) is 12.0. The zero-order valence-corrected chi connectivity index (χ0v) is 18.0. The minimum absolute atomic E-state index is 0.0511. The average molecular weight is 431 g/mol. The van der Waals surface area contributed by atoms with E-state index in [1.165, 1.54) is 30.5 Å². The number of fused-ring (bicyclic) bond motifs is 1. The van der Waals surface area contributed by atoms with Crippen LogP contribution in [-0.2, 0) is 27.9 Å². The smallest absolute Gasteiger partial charge is 0.243 e. The van der Waals surface area contributed by atoms with Gasteiger partial charge in [0.05, 0.1) is 12.0 Å². The largest absolute Gasteiger partial charge is 0.497 e. The summed E-state index contributed by atoms with van der Waals surface area (Å²) in [5.41, 5.74) is 1.67. The van der Waals surface area contributed by atoms with Crippen LogP contribution in [0.3, 0.4) is 0 Å². The van der Waals surface area contributed by atoms with Crippen LogP contribution >= 0.6 is 0 Å². The summed E-state index contributed by atoms with van der Waals surface area (Å²) in [6.45, 7) is 6.76. The van der Waals surface area contributed by atoms with Gasteiger partial charge in [0.25, 0.3) is 0 Å². The highest BCUT2D eigenvalue weighted by atomic mass is 32.2. The van der Waals surface area contributed by atoms with E-state index >= 15 is 0 Å². The molecule has 0 fully saturated rings. The highest BCUT2D eigenvalue weighted by molar-refractivity contribution is 7.89. The summed E-state index contributed by atoms with van der Waals surface area (Å²) in [7, 11) is -2.16. The molecule has 1 amide bonds.